The van der Waals surface area contributed by atoms with Gasteiger partial charge in [-0.15, -0.1) is 0 Å². The van der Waals surface area contributed by atoms with E-state index in [4.69, 9.17) is 11.6 Å². The Morgan fingerprint density at radius 3 is 2.71 bits per heavy atom. The highest BCUT2D eigenvalue weighted by Crippen LogP contribution is 2.23. The predicted octanol–water partition coefficient (Wildman–Crippen LogP) is 2.83. The highest BCUT2D eigenvalue weighted by atomic mass is 79.9. The van der Waals surface area contributed by atoms with Crippen molar-refractivity contribution >= 4 is 39.0 Å². The number of halogens is 2. The van der Waals surface area contributed by atoms with Gasteiger partial charge >= 0.3 is 0 Å². The Bertz CT molecular complexity index is 394. The predicted molar refractivity (Wildman–Crippen MR) is 56.2 cm³/mol. The van der Waals surface area contributed by atoms with Crippen molar-refractivity contribution in [2.75, 3.05) is 5.33 Å². The van der Waals surface area contributed by atoms with E-state index in [-0.39, 0.29) is 22.4 Å². The fraction of sp³-hybridized carbons (Fsp3) is 0.125. The molecule has 1 rings (SSSR count). The maximum Gasteiger partial charge on any atom is 0.280 e. The lowest BCUT2D eigenvalue weighted by molar-refractivity contribution is -0.385. The van der Waals surface area contributed by atoms with Gasteiger partial charge < -0.3 is 0 Å². The van der Waals surface area contributed by atoms with Crippen LogP contribution in [-0.4, -0.2) is 16.0 Å². The summed E-state index contributed by atoms with van der Waals surface area (Å²) in [6.45, 7) is 0. The summed E-state index contributed by atoms with van der Waals surface area (Å²) in [7, 11) is 0. The van der Waals surface area contributed by atoms with Crippen molar-refractivity contribution in [2.45, 2.75) is 0 Å². The second kappa shape index (κ2) is 4.52. The molecular weight excluding hydrogens is 273 g/mol. The maximum absolute atomic E-state index is 11.3. The Balaban J connectivity index is 3.29. The molecule has 4 nitrogen and oxygen atoms in total. The van der Waals surface area contributed by atoms with Gasteiger partial charge in [-0.1, -0.05) is 27.5 Å². The molecule has 1 aromatic rings. The van der Waals surface area contributed by atoms with Crippen LogP contribution in [0, 0.1) is 10.1 Å². The lowest BCUT2D eigenvalue weighted by atomic mass is 10.1. The number of carbonyl (C=O) groups excluding carboxylic acids is 1. The van der Waals surface area contributed by atoms with Crippen molar-refractivity contribution in [3.63, 3.8) is 0 Å². The van der Waals surface area contributed by atoms with Gasteiger partial charge in [-0.3, -0.25) is 14.9 Å². The van der Waals surface area contributed by atoms with Crippen molar-refractivity contribution in [3.05, 3.63) is 38.9 Å². The molecule has 0 aliphatic carbocycles. The standard InChI is InChI=1S/C8H5BrClNO3/c9-4-8(12)6-3-5(10)1-2-7(6)11(13)14/h1-3H,4H2. The molecule has 14 heavy (non-hydrogen) atoms. The minimum absolute atomic E-state index is 0.0272. The molecule has 0 aliphatic rings. The van der Waals surface area contributed by atoms with E-state index in [1.807, 2.05) is 0 Å². The zero-order valence-electron chi connectivity index (χ0n) is 6.87. The molecule has 0 fully saturated rings. The monoisotopic (exact) mass is 277 g/mol. The number of benzene rings is 1. The maximum atomic E-state index is 11.3. The lowest BCUT2D eigenvalue weighted by Gasteiger charge is -1.99. The number of nitro groups is 1. The first-order valence-electron chi connectivity index (χ1n) is 3.59. The SMILES string of the molecule is O=C(CBr)c1cc(Cl)ccc1[N+](=O)[O-]. The van der Waals surface area contributed by atoms with Gasteiger partial charge in [0.25, 0.3) is 5.69 Å². The average Bonchev–Trinajstić information content (AvgIpc) is 2.16. The number of carbonyl (C=O) groups is 1. The summed E-state index contributed by atoms with van der Waals surface area (Å²) in [5, 5.41) is 10.9. The van der Waals surface area contributed by atoms with E-state index in [9.17, 15) is 14.9 Å². The molecule has 0 atom stereocenters. The summed E-state index contributed by atoms with van der Waals surface area (Å²) in [6.07, 6.45) is 0. The van der Waals surface area contributed by atoms with Crippen LogP contribution in [0.5, 0.6) is 0 Å². The summed E-state index contributed by atoms with van der Waals surface area (Å²) in [5.41, 5.74) is -0.196. The molecule has 0 amide bonds. The summed E-state index contributed by atoms with van der Waals surface area (Å²) in [5.74, 6) is -0.362. The summed E-state index contributed by atoms with van der Waals surface area (Å²) >= 11 is 8.58. The zero-order valence-corrected chi connectivity index (χ0v) is 9.21. The molecule has 0 heterocycles. The second-order valence-corrected chi connectivity index (χ2v) is 3.47. The quantitative estimate of drug-likeness (QED) is 0.370. The van der Waals surface area contributed by atoms with Crippen LogP contribution in [0.25, 0.3) is 0 Å². The van der Waals surface area contributed by atoms with E-state index in [1.54, 1.807) is 0 Å². The number of alkyl halides is 1. The van der Waals surface area contributed by atoms with Gasteiger partial charge in [0.15, 0.2) is 5.78 Å². The van der Waals surface area contributed by atoms with Crippen molar-refractivity contribution in [1.82, 2.24) is 0 Å². The molecular formula is C8H5BrClNO3. The van der Waals surface area contributed by atoms with Crippen LogP contribution < -0.4 is 0 Å². The Morgan fingerprint density at radius 1 is 1.57 bits per heavy atom. The third kappa shape index (κ3) is 2.30. The van der Waals surface area contributed by atoms with E-state index in [0.717, 1.165) is 0 Å². The zero-order chi connectivity index (χ0) is 10.7. The number of nitrogens with zero attached hydrogens (tertiary/aromatic N) is 1. The first kappa shape index (κ1) is 11.1. The van der Waals surface area contributed by atoms with Crippen molar-refractivity contribution in [1.29, 1.82) is 0 Å². The van der Waals surface area contributed by atoms with Crippen LogP contribution in [0.2, 0.25) is 5.02 Å². The normalized spacial score (nSPS) is 9.86. The smallest absolute Gasteiger partial charge is 0.280 e. The molecule has 1 aromatic carbocycles. The van der Waals surface area contributed by atoms with Gasteiger partial charge in [0, 0.05) is 11.1 Å². The first-order chi connectivity index (χ1) is 6.56. The highest BCUT2D eigenvalue weighted by Gasteiger charge is 2.19. The van der Waals surface area contributed by atoms with Crippen LogP contribution in [0.15, 0.2) is 18.2 Å². The largest absolute Gasteiger partial charge is 0.293 e. The van der Waals surface area contributed by atoms with Crippen LogP contribution in [0.4, 0.5) is 5.69 Å². The third-order valence-electron chi connectivity index (χ3n) is 1.58. The molecule has 0 spiro atoms. The number of ketones is 1. The van der Waals surface area contributed by atoms with Crippen molar-refractivity contribution in [2.24, 2.45) is 0 Å². The van der Waals surface area contributed by atoms with Gasteiger partial charge in [-0.25, -0.2) is 0 Å². The number of hydrogen-bond acceptors (Lipinski definition) is 3. The van der Waals surface area contributed by atoms with E-state index in [2.05, 4.69) is 15.9 Å². The van der Waals surface area contributed by atoms with Crippen LogP contribution in [0.1, 0.15) is 10.4 Å². The number of nitro benzene ring substituents is 1. The summed E-state index contributed by atoms with van der Waals surface area (Å²) < 4.78 is 0. The van der Waals surface area contributed by atoms with E-state index in [0.29, 0.717) is 5.02 Å². The molecule has 0 radical (unpaired) electrons. The molecule has 0 saturated heterocycles. The molecule has 0 N–H and O–H groups in total. The number of hydrogen-bond donors (Lipinski definition) is 0. The van der Waals surface area contributed by atoms with E-state index >= 15 is 0 Å². The molecule has 74 valence electrons. The molecule has 0 aromatic heterocycles. The summed E-state index contributed by atoms with van der Waals surface area (Å²) in [6, 6.07) is 3.90. The van der Waals surface area contributed by atoms with E-state index < -0.39 is 4.92 Å². The lowest BCUT2D eigenvalue weighted by Crippen LogP contribution is -2.04. The first-order valence-corrected chi connectivity index (χ1v) is 5.09. The Hall–Kier alpha value is -0.940. The van der Waals surface area contributed by atoms with Gasteiger partial charge in [-0.2, -0.15) is 0 Å². The van der Waals surface area contributed by atoms with Crippen LogP contribution in [0.3, 0.4) is 0 Å². The fourth-order valence-corrected chi connectivity index (χ4v) is 1.44. The van der Waals surface area contributed by atoms with Gasteiger partial charge in [-0.05, 0) is 12.1 Å². The number of Topliss-reactive ketones (excluding diaryl/α,β-unsaturated/α-hetero) is 1. The Labute approximate surface area is 93.1 Å². The van der Waals surface area contributed by atoms with Crippen molar-refractivity contribution < 1.29 is 9.72 Å². The topological polar surface area (TPSA) is 60.2 Å². The molecule has 0 unspecified atom stereocenters. The molecule has 6 heteroatoms. The Kier molecular flexibility index (Phi) is 3.60. The summed E-state index contributed by atoms with van der Waals surface area (Å²) in [4.78, 5) is 21.2. The Morgan fingerprint density at radius 2 is 2.21 bits per heavy atom. The van der Waals surface area contributed by atoms with Crippen LogP contribution >= 0.6 is 27.5 Å². The molecule has 0 bridgehead atoms. The number of rotatable bonds is 3. The minimum Gasteiger partial charge on any atom is -0.293 e. The van der Waals surface area contributed by atoms with Crippen molar-refractivity contribution in [3.8, 4) is 0 Å². The van der Waals surface area contributed by atoms with Gasteiger partial charge in [0.2, 0.25) is 0 Å². The molecule has 0 saturated carbocycles. The van der Waals surface area contributed by atoms with Gasteiger partial charge in [0.1, 0.15) is 0 Å². The average molecular weight is 278 g/mol. The fourth-order valence-electron chi connectivity index (χ4n) is 0.963. The second-order valence-electron chi connectivity index (χ2n) is 2.48. The van der Waals surface area contributed by atoms with Gasteiger partial charge in [0.05, 0.1) is 15.8 Å². The van der Waals surface area contributed by atoms with Crippen LogP contribution in [-0.2, 0) is 0 Å². The highest BCUT2D eigenvalue weighted by molar-refractivity contribution is 9.09. The molecule has 0 aliphatic heterocycles. The van der Waals surface area contributed by atoms with E-state index in [1.165, 1.54) is 18.2 Å². The third-order valence-corrected chi connectivity index (χ3v) is 2.32. The minimum atomic E-state index is -0.605.